The van der Waals surface area contributed by atoms with Crippen molar-refractivity contribution in [2.75, 3.05) is 20.3 Å². The molecule has 0 unspecified atom stereocenters. The van der Waals surface area contributed by atoms with Crippen LogP contribution in [0.3, 0.4) is 0 Å². The molecular formula is C13H17NO3S. The van der Waals surface area contributed by atoms with Crippen LogP contribution in [0, 0.1) is 0 Å². The largest absolute Gasteiger partial charge is 0.379 e. The molecule has 1 saturated carbocycles. The van der Waals surface area contributed by atoms with Crippen molar-refractivity contribution in [2.45, 2.75) is 31.1 Å². The molecule has 0 bridgehead atoms. The number of hydrogen-bond acceptors (Lipinski definition) is 4. The second kappa shape index (κ2) is 4.99. The average molecular weight is 267 g/mol. The second-order valence-corrected chi connectivity index (χ2v) is 5.68. The number of hydrogen-bond donors (Lipinski definition) is 0. The van der Waals surface area contributed by atoms with Crippen LogP contribution in [0.15, 0.2) is 17.5 Å². The Morgan fingerprint density at radius 1 is 1.56 bits per heavy atom. The number of nitrogens with zero attached hydrogens (tertiary/aromatic N) is 1. The lowest BCUT2D eigenvalue weighted by Crippen LogP contribution is -2.53. The predicted molar refractivity (Wildman–Crippen MR) is 68.9 cm³/mol. The van der Waals surface area contributed by atoms with Crippen molar-refractivity contribution < 1.29 is 14.3 Å². The number of thiophene rings is 1. The van der Waals surface area contributed by atoms with Gasteiger partial charge in [0.2, 0.25) is 0 Å². The third-order valence-electron chi connectivity index (χ3n) is 3.83. The van der Waals surface area contributed by atoms with Crippen LogP contribution in [0.1, 0.15) is 22.5 Å². The third-order valence-corrected chi connectivity index (χ3v) is 4.69. The van der Waals surface area contributed by atoms with Gasteiger partial charge in [-0.3, -0.25) is 4.79 Å². The van der Waals surface area contributed by atoms with Crippen molar-refractivity contribution >= 4 is 17.2 Å². The molecule has 1 aliphatic heterocycles. The van der Waals surface area contributed by atoms with Crippen LogP contribution >= 0.6 is 11.3 Å². The fraction of sp³-hybridized carbons (Fsp3) is 0.615. The number of ether oxygens (including phenoxy) is 2. The molecule has 0 radical (unpaired) electrons. The van der Waals surface area contributed by atoms with E-state index >= 15 is 0 Å². The van der Waals surface area contributed by atoms with Crippen molar-refractivity contribution in [3.05, 3.63) is 22.4 Å². The molecule has 3 rings (SSSR count). The van der Waals surface area contributed by atoms with Crippen molar-refractivity contribution in [2.24, 2.45) is 0 Å². The monoisotopic (exact) mass is 267 g/mol. The number of methoxy groups -OCH3 is 1. The van der Waals surface area contributed by atoms with Crippen molar-refractivity contribution in [1.82, 2.24) is 4.90 Å². The number of carbonyl (C=O) groups excluding carboxylic acids is 1. The summed E-state index contributed by atoms with van der Waals surface area (Å²) in [4.78, 5) is 15.2. The van der Waals surface area contributed by atoms with Gasteiger partial charge >= 0.3 is 0 Å². The van der Waals surface area contributed by atoms with E-state index in [2.05, 4.69) is 0 Å². The van der Waals surface area contributed by atoms with Gasteiger partial charge in [-0.15, -0.1) is 11.3 Å². The summed E-state index contributed by atoms with van der Waals surface area (Å²) in [6.07, 6.45) is 2.13. The highest BCUT2D eigenvalue weighted by Crippen LogP contribution is 2.32. The fourth-order valence-corrected chi connectivity index (χ4v) is 3.64. The van der Waals surface area contributed by atoms with Crippen LogP contribution in [0.2, 0.25) is 0 Å². The van der Waals surface area contributed by atoms with E-state index in [1.54, 1.807) is 7.11 Å². The van der Waals surface area contributed by atoms with Crippen LogP contribution in [0.4, 0.5) is 0 Å². The summed E-state index contributed by atoms with van der Waals surface area (Å²) >= 11 is 1.50. The van der Waals surface area contributed by atoms with Crippen LogP contribution < -0.4 is 0 Å². The van der Waals surface area contributed by atoms with Crippen LogP contribution in [-0.4, -0.2) is 49.3 Å². The van der Waals surface area contributed by atoms with Crippen molar-refractivity contribution in [1.29, 1.82) is 0 Å². The second-order valence-electron chi connectivity index (χ2n) is 4.73. The SMILES string of the molecule is CO[C@@H]1CC[C@H]2[C@H]1OCCN2C(=O)c1cccs1. The lowest BCUT2D eigenvalue weighted by Gasteiger charge is -2.38. The zero-order valence-corrected chi connectivity index (χ0v) is 11.2. The number of fused-ring (bicyclic) bond motifs is 1. The molecule has 1 saturated heterocycles. The Morgan fingerprint density at radius 3 is 3.17 bits per heavy atom. The third kappa shape index (κ3) is 1.96. The molecular weight excluding hydrogens is 250 g/mol. The van der Waals surface area contributed by atoms with Gasteiger partial charge in [-0.25, -0.2) is 0 Å². The highest BCUT2D eigenvalue weighted by atomic mass is 32.1. The van der Waals surface area contributed by atoms with Gasteiger partial charge in [0.05, 0.1) is 23.6 Å². The van der Waals surface area contributed by atoms with E-state index in [0.29, 0.717) is 13.2 Å². The van der Waals surface area contributed by atoms with Crippen LogP contribution in [0.5, 0.6) is 0 Å². The topological polar surface area (TPSA) is 38.8 Å². The van der Waals surface area contributed by atoms with Gasteiger partial charge in [-0.1, -0.05) is 6.07 Å². The Labute approximate surface area is 110 Å². The Hall–Kier alpha value is -0.910. The molecule has 1 amide bonds. The summed E-state index contributed by atoms with van der Waals surface area (Å²) in [7, 11) is 1.72. The highest BCUT2D eigenvalue weighted by Gasteiger charge is 2.44. The molecule has 2 aliphatic rings. The van der Waals surface area contributed by atoms with Crippen LogP contribution in [0.25, 0.3) is 0 Å². The maximum Gasteiger partial charge on any atom is 0.264 e. The van der Waals surface area contributed by atoms with E-state index in [4.69, 9.17) is 9.47 Å². The van der Waals surface area contributed by atoms with E-state index < -0.39 is 0 Å². The van der Waals surface area contributed by atoms with Gasteiger partial charge in [0.15, 0.2) is 0 Å². The molecule has 0 aromatic carbocycles. The van der Waals surface area contributed by atoms with Gasteiger partial charge < -0.3 is 14.4 Å². The van der Waals surface area contributed by atoms with E-state index in [1.165, 1.54) is 11.3 Å². The smallest absolute Gasteiger partial charge is 0.264 e. The number of morpholine rings is 1. The summed E-state index contributed by atoms with van der Waals surface area (Å²) in [5, 5.41) is 1.94. The quantitative estimate of drug-likeness (QED) is 0.819. The molecule has 4 nitrogen and oxygen atoms in total. The molecule has 1 aliphatic carbocycles. The van der Waals surface area contributed by atoms with Crippen molar-refractivity contribution in [3.8, 4) is 0 Å². The Morgan fingerprint density at radius 2 is 2.44 bits per heavy atom. The first-order valence-corrected chi connectivity index (χ1v) is 7.18. The molecule has 0 N–H and O–H groups in total. The minimum absolute atomic E-state index is 0.0488. The van der Waals surface area contributed by atoms with Gasteiger partial charge in [-0.05, 0) is 24.3 Å². The molecule has 5 heteroatoms. The minimum Gasteiger partial charge on any atom is -0.379 e. The average Bonchev–Trinajstić information content (AvgIpc) is 3.06. The molecule has 3 atom stereocenters. The standard InChI is InChI=1S/C13H17NO3S/c1-16-10-5-4-9-12(10)17-7-6-14(9)13(15)11-3-2-8-18-11/h2-3,8-10,12H,4-7H2,1H3/t9-,10+,12+/m0/s1. The summed E-state index contributed by atoms with van der Waals surface area (Å²) in [5.74, 6) is 0.139. The molecule has 0 spiro atoms. The summed E-state index contributed by atoms with van der Waals surface area (Å²) in [5.41, 5.74) is 0. The zero-order valence-electron chi connectivity index (χ0n) is 10.4. The Balaban J connectivity index is 1.79. The first-order chi connectivity index (χ1) is 8.81. The maximum atomic E-state index is 12.4. The summed E-state index contributed by atoms with van der Waals surface area (Å²) in [6.45, 7) is 1.30. The normalized spacial score (nSPS) is 31.4. The van der Waals surface area contributed by atoms with Gasteiger partial charge in [0, 0.05) is 13.7 Å². The molecule has 98 valence electrons. The molecule has 1 aromatic rings. The Kier molecular flexibility index (Phi) is 3.37. The van der Waals surface area contributed by atoms with E-state index in [9.17, 15) is 4.79 Å². The van der Waals surface area contributed by atoms with Gasteiger partial charge in [0.25, 0.3) is 5.91 Å². The van der Waals surface area contributed by atoms with Gasteiger partial charge in [0.1, 0.15) is 6.10 Å². The minimum atomic E-state index is 0.0488. The molecule has 2 heterocycles. The first-order valence-electron chi connectivity index (χ1n) is 6.30. The fourth-order valence-electron chi connectivity index (χ4n) is 2.96. The maximum absolute atomic E-state index is 12.4. The van der Waals surface area contributed by atoms with Crippen molar-refractivity contribution in [3.63, 3.8) is 0 Å². The van der Waals surface area contributed by atoms with E-state index in [1.807, 2.05) is 22.4 Å². The predicted octanol–water partition coefficient (Wildman–Crippen LogP) is 1.77. The number of carbonyl (C=O) groups is 1. The zero-order chi connectivity index (χ0) is 12.5. The molecule has 18 heavy (non-hydrogen) atoms. The Bertz CT molecular complexity index is 420. The summed E-state index contributed by atoms with van der Waals surface area (Å²) < 4.78 is 11.2. The summed E-state index contributed by atoms with van der Waals surface area (Å²) in [6, 6.07) is 3.99. The molecule has 1 aromatic heterocycles. The lowest BCUT2D eigenvalue weighted by atomic mass is 10.1. The van der Waals surface area contributed by atoms with E-state index in [0.717, 1.165) is 17.7 Å². The lowest BCUT2D eigenvalue weighted by molar-refractivity contribution is -0.0946. The van der Waals surface area contributed by atoms with Crippen LogP contribution in [-0.2, 0) is 9.47 Å². The van der Waals surface area contributed by atoms with E-state index in [-0.39, 0.29) is 24.2 Å². The molecule has 2 fully saturated rings. The first kappa shape index (κ1) is 12.1. The van der Waals surface area contributed by atoms with Gasteiger partial charge in [-0.2, -0.15) is 0 Å². The highest BCUT2D eigenvalue weighted by molar-refractivity contribution is 7.12. The number of rotatable bonds is 2. The number of amides is 1.